The Hall–Kier alpha value is -6.58. The smallest absolute Gasteiger partial charge is 0.146 e. The largest absolute Gasteiger partial charge is 0.456 e. The fourth-order valence-corrected chi connectivity index (χ4v) is 7.92. The molecular weight excluding hydrogens is 601 g/mol. The first-order chi connectivity index (χ1) is 24.3. The average molecular weight is 627 g/mol. The van der Waals surface area contributed by atoms with Gasteiger partial charge in [0.05, 0.1) is 5.39 Å². The van der Waals surface area contributed by atoms with Crippen LogP contribution in [0, 0.1) is 0 Å². The van der Waals surface area contributed by atoms with E-state index in [0.717, 1.165) is 93.6 Å². The van der Waals surface area contributed by atoms with E-state index in [4.69, 9.17) is 13.3 Å². The van der Waals surface area contributed by atoms with Crippen molar-refractivity contribution in [3.63, 3.8) is 0 Å². The zero-order valence-corrected chi connectivity index (χ0v) is 26.2. The summed E-state index contributed by atoms with van der Waals surface area (Å²) in [5.74, 6) is 0.814. The van der Waals surface area contributed by atoms with Crippen molar-refractivity contribution < 1.29 is 13.3 Å². The van der Waals surface area contributed by atoms with Gasteiger partial charge in [0.2, 0.25) is 0 Å². The molecule has 0 aliphatic carbocycles. The third kappa shape index (κ3) is 3.78. The standard InChI is InChI=1S/C46H26O3/c1-2-12-27(13-3-1)41-26-38-45-36(30-15-9-11-21-40(30)48-45)25-37(46(38)49-41)44-34-18-6-4-16-32(34)43(33-17-5-7-19-35(33)44)28-22-23-31-29-14-8-10-20-39(29)47-42(31)24-28/h1-26H. The molecule has 0 unspecified atom stereocenters. The molecule has 0 amide bonds. The Labute approximate surface area is 280 Å². The van der Waals surface area contributed by atoms with Crippen LogP contribution in [-0.2, 0) is 0 Å². The van der Waals surface area contributed by atoms with Crippen LogP contribution in [-0.4, -0.2) is 0 Å². The van der Waals surface area contributed by atoms with Gasteiger partial charge in [-0.3, -0.25) is 0 Å². The minimum Gasteiger partial charge on any atom is -0.456 e. The van der Waals surface area contributed by atoms with Crippen LogP contribution in [0.1, 0.15) is 0 Å². The van der Waals surface area contributed by atoms with Gasteiger partial charge in [-0.25, -0.2) is 0 Å². The van der Waals surface area contributed by atoms with Gasteiger partial charge in [-0.15, -0.1) is 0 Å². The lowest BCUT2D eigenvalue weighted by atomic mass is 9.85. The Morgan fingerprint density at radius 1 is 0.286 bits per heavy atom. The van der Waals surface area contributed by atoms with Crippen LogP contribution in [0.25, 0.3) is 110 Å². The van der Waals surface area contributed by atoms with Crippen LogP contribution in [0.2, 0.25) is 0 Å². The van der Waals surface area contributed by atoms with Gasteiger partial charge < -0.3 is 13.3 Å². The molecule has 0 saturated heterocycles. The maximum absolute atomic E-state index is 6.86. The summed E-state index contributed by atoms with van der Waals surface area (Å²) in [5.41, 5.74) is 9.84. The van der Waals surface area contributed by atoms with Crippen molar-refractivity contribution in [1.29, 1.82) is 0 Å². The fourth-order valence-electron chi connectivity index (χ4n) is 7.92. The Morgan fingerprint density at radius 3 is 1.53 bits per heavy atom. The first-order valence-corrected chi connectivity index (χ1v) is 16.6. The first kappa shape index (κ1) is 26.5. The monoisotopic (exact) mass is 626 g/mol. The number of hydrogen-bond acceptors (Lipinski definition) is 3. The molecule has 0 bridgehead atoms. The Kier molecular flexibility index (Phi) is 5.38. The summed E-state index contributed by atoms with van der Waals surface area (Å²) in [7, 11) is 0. The second kappa shape index (κ2) is 9.96. The van der Waals surface area contributed by atoms with E-state index in [9.17, 15) is 0 Å². The second-order valence-corrected chi connectivity index (χ2v) is 12.8. The lowest BCUT2D eigenvalue weighted by Gasteiger charge is -2.18. The highest BCUT2D eigenvalue weighted by Crippen LogP contribution is 2.49. The SMILES string of the molecule is c1ccc(-c2cc3c(o2)c(-c2c4ccccc4c(-c4ccc5c(c4)oc4ccccc45)c4ccccc24)cc2c4ccccc4oc32)cc1. The molecule has 0 aliphatic rings. The van der Waals surface area contributed by atoms with Crippen molar-refractivity contribution in [1.82, 2.24) is 0 Å². The topological polar surface area (TPSA) is 39.4 Å². The molecule has 0 aliphatic heterocycles. The molecule has 11 aromatic rings. The molecule has 3 heteroatoms. The molecule has 0 saturated carbocycles. The molecule has 3 aromatic heterocycles. The number of benzene rings is 8. The van der Waals surface area contributed by atoms with Gasteiger partial charge in [0.1, 0.15) is 33.7 Å². The number of rotatable bonds is 3. The van der Waals surface area contributed by atoms with E-state index in [0.29, 0.717) is 0 Å². The van der Waals surface area contributed by atoms with Crippen molar-refractivity contribution in [3.05, 3.63) is 158 Å². The van der Waals surface area contributed by atoms with Gasteiger partial charge in [-0.1, -0.05) is 121 Å². The summed E-state index contributed by atoms with van der Waals surface area (Å²) in [6.45, 7) is 0. The molecule has 3 nitrogen and oxygen atoms in total. The van der Waals surface area contributed by atoms with Crippen LogP contribution in [0.15, 0.2) is 171 Å². The molecule has 0 spiro atoms. The summed E-state index contributed by atoms with van der Waals surface area (Å²) >= 11 is 0. The number of hydrogen-bond donors (Lipinski definition) is 0. The van der Waals surface area contributed by atoms with Crippen molar-refractivity contribution in [3.8, 4) is 33.6 Å². The second-order valence-electron chi connectivity index (χ2n) is 12.8. The number of para-hydroxylation sites is 2. The summed E-state index contributed by atoms with van der Waals surface area (Å²) in [6.07, 6.45) is 0. The summed E-state index contributed by atoms with van der Waals surface area (Å²) in [6, 6.07) is 55.4. The van der Waals surface area contributed by atoms with E-state index in [-0.39, 0.29) is 0 Å². The first-order valence-electron chi connectivity index (χ1n) is 16.6. The van der Waals surface area contributed by atoms with Gasteiger partial charge >= 0.3 is 0 Å². The highest BCUT2D eigenvalue weighted by atomic mass is 16.3. The molecule has 11 rings (SSSR count). The maximum atomic E-state index is 6.86. The lowest BCUT2D eigenvalue weighted by Crippen LogP contribution is -1.91. The zero-order valence-electron chi connectivity index (χ0n) is 26.2. The van der Waals surface area contributed by atoms with Crippen molar-refractivity contribution in [2.24, 2.45) is 0 Å². The van der Waals surface area contributed by atoms with Crippen LogP contribution >= 0.6 is 0 Å². The van der Waals surface area contributed by atoms with Crippen LogP contribution in [0.3, 0.4) is 0 Å². The zero-order chi connectivity index (χ0) is 32.1. The van der Waals surface area contributed by atoms with Gasteiger partial charge in [0.25, 0.3) is 0 Å². The normalized spacial score (nSPS) is 12.1. The lowest BCUT2D eigenvalue weighted by molar-refractivity contribution is 0.632. The molecule has 0 radical (unpaired) electrons. The van der Waals surface area contributed by atoms with E-state index in [1.54, 1.807) is 0 Å². The van der Waals surface area contributed by atoms with Crippen LogP contribution in [0.4, 0.5) is 0 Å². The summed E-state index contributed by atoms with van der Waals surface area (Å²) in [4.78, 5) is 0. The highest BCUT2D eigenvalue weighted by Gasteiger charge is 2.24. The third-order valence-corrected chi connectivity index (χ3v) is 10.1. The fraction of sp³-hybridized carbons (Fsp3) is 0. The average Bonchev–Trinajstić information content (AvgIpc) is 3.87. The molecular formula is C46H26O3. The van der Waals surface area contributed by atoms with Crippen molar-refractivity contribution in [2.45, 2.75) is 0 Å². The third-order valence-electron chi connectivity index (χ3n) is 10.1. The highest BCUT2D eigenvalue weighted by molar-refractivity contribution is 6.26. The Morgan fingerprint density at radius 2 is 0.837 bits per heavy atom. The van der Waals surface area contributed by atoms with Crippen molar-refractivity contribution >= 4 is 76.4 Å². The minimum atomic E-state index is 0.814. The quantitative estimate of drug-likeness (QED) is 0.183. The minimum absolute atomic E-state index is 0.814. The number of furan rings is 3. The maximum Gasteiger partial charge on any atom is 0.146 e. The van der Waals surface area contributed by atoms with E-state index in [1.165, 1.54) is 16.3 Å². The number of fused-ring (bicyclic) bond motifs is 10. The molecule has 0 atom stereocenters. The molecule has 228 valence electrons. The van der Waals surface area contributed by atoms with Gasteiger partial charge in [0, 0.05) is 38.2 Å². The van der Waals surface area contributed by atoms with Crippen molar-refractivity contribution in [2.75, 3.05) is 0 Å². The molecule has 0 N–H and O–H groups in total. The van der Waals surface area contributed by atoms with Crippen LogP contribution in [0.5, 0.6) is 0 Å². The molecule has 8 aromatic carbocycles. The van der Waals surface area contributed by atoms with E-state index in [2.05, 4.69) is 115 Å². The van der Waals surface area contributed by atoms with E-state index < -0.39 is 0 Å². The van der Waals surface area contributed by atoms with E-state index >= 15 is 0 Å². The van der Waals surface area contributed by atoms with Gasteiger partial charge in [-0.05, 0) is 69.1 Å². The molecule has 0 fully saturated rings. The van der Waals surface area contributed by atoms with Gasteiger partial charge in [-0.2, -0.15) is 0 Å². The van der Waals surface area contributed by atoms with Crippen LogP contribution < -0.4 is 0 Å². The van der Waals surface area contributed by atoms with Gasteiger partial charge in [0.15, 0.2) is 0 Å². The summed E-state index contributed by atoms with van der Waals surface area (Å²) in [5, 5.41) is 10.1. The molecule has 49 heavy (non-hydrogen) atoms. The predicted octanol–water partition coefficient (Wildman–Crippen LogP) is 13.5. The Bertz CT molecular complexity index is 3040. The van der Waals surface area contributed by atoms with E-state index in [1.807, 2.05) is 42.5 Å². The molecule has 3 heterocycles. The predicted molar refractivity (Wildman–Crippen MR) is 202 cm³/mol. The Balaban J connectivity index is 1.27. The summed E-state index contributed by atoms with van der Waals surface area (Å²) < 4.78 is 19.8.